The Balaban J connectivity index is 1.42. The quantitative estimate of drug-likeness (QED) is 0.363. The van der Waals surface area contributed by atoms with Crippen LogP contribution in [-0.4, -0.2) is 58.7 Å². The van der Waals surface area contributed by atoms with Gasteiger partial charge in [0, 0.05) is 67.0 Å². The zero-order valence-electron chi connectivity index (χ0n) is 20.1. The minimum Gasteiger partial charge on any atom is -0.489 e. The first kappa shape index (κ1) is 24.4. The van der Waals surface area contributed by atoms with E-state index in [-0.39, 0.29) is 12.6 Å². The van der Waals surface area contributed by atoms with Gasteiger partial charge in [-0.15, -0.1) is 12.2 Å². The zero-order valence-corrected chi connectivity index (χ0v) is 20.1. The Morgan fingerprint density at radius 3 is 2.89 bits per heavy atom. The van der Waals surface area contributed by atoms with Crippen molar-refractivity contribution in [1.82, 2.24) is 19.8 Å². The normalized spacial score (nSPS) is 17.6. The van der Waals surface area contributed by atoms with Crippen molar-refractivity contribution in [3.63, 3.8) is 0 Å². The number of anilines is 2. The third-order valence-corrected chi connectivity index (χ3v) is 6.04. The molecule has 9 heteroatoms. The van der Waals surface area contributed by atoms with Crippen molar-refractivity contribution in [2.24, 2.45) is 0 Å². The predicted molar refractivity (Wildman–Crippen MR) is 137 cm³/mol. The largest absolute Gasteiger partial charge is 0.489 e. The number of ether oxygens (including phenoxy) is 1. The van der Waals surface area contributed by atoms with Crippen LogP contribution in [0, 0.1) is 12.3 Å². The Kier molecular flexibility index (Phi) is 6.62. The fourth-order valence-corrected chi connectivity index (χ4v) is 4.40. The van der Waals surface area contributed by atoms with E-state index in [0.717, 1.165) is 27.6 Å². The fraction of sp³-hybridized carbons (Fsp3) is 0.250. The summed E-state index contributed by atoms with van der Waals surface area (Å²) in [5.41, 5.74) is 7.04. The second-order valence-corrected chi connectivity index (χ2v) is 9.05. The molecule has 37 heavy (non-hydrogen) atoms. The molecule has 1 aromatic heterocycles. The smallest absolute Gasteiger partial charge is 0.401 e. The summed E-state index contributed by atoms with van der Waals surface area (Å²) in [5.74, 6) is 3.54. The minimum absolute atomic E-state index is 0.216. The molecule has 2 aromatic carbocycles. The first-order valence-electron chi connectivity index (χ1n) is 11.7. The fourth-order valence-electron chi connectivity index (χ4n) is 4.40. The molecule has 3 heterocycles. The summed E-state index contributed by atoms with van der Waals surface area (Å²) in [6, 6.07) is 11.1. The molecular weight excluding hydrogens is 479 g/mol. The van der Waals surface area contributed by atoms with Crippen molar-refractivity contribution in [3.05, 3.63) is 77.9 Å². The third-order valence-electron chi connectivity index (χ3n) is 6.04. The highest BCUT2D eigenvalue weighted by atomic mass is 19.4. The van der Waals surface area contributed by atoms with E-state index in [0.29, 0.717) is 30.4 Å². The summed E-state index contributed by atoms with van der Waals surface area (Å²) < 4.78 is 44.6. The number of hydrogen-bond donors (Lipinski definition) is 1. The first-order valence-corrected chi connectivity index (χ1v) is 11.7. The summed E-state index contributed by atoms with van der Waals surface area (Å²) in [6.07, 6.45) is 8.75. The number of alkyl halides is 3. The summed E-state index contributed by atoms with van der Waals surface area (Å²) in [4.78, 5) is 12.3. The summed E-state index contributed by atoms with van der Waals surface area (Å²) >= 11 is 0. The minimum atomic E-state index is -4.23. The molecule has 0 amide bonds. The Morgan fingerprint density at radius 2 is 2.11 bits per heavy atom. The van der Waals surface area contributed by atoms with E-state index in [4.69, 9.17) is 11.2 Å². The molecule has 0 aliphatic carbocycles. The number of rotatable bonds is 6. The highest BCUT2D eigenvalue weighted by molar-refractivity contribution is 5.81. The van der Waals surface area contributed by atoms with Gasteiger partial charge >= 0.3 is 6.18 Å². The van der Waals surface area contributed by atoms with Crippen LogP contribution < -0.4 is 10.1 Å². The van der Waals surface area contributed by atoms with Gasteiger partial charge in [0.25, 0.3) is 0 Å². The molecule has 3 aromatic rings. The van der Waals surface area contributed by atoms with Gasteiger partial charge in [-0.1, -0.05) is 5.92 Å². The molecule has 1 unspecified atom stereocenters. The summed E-state index contributed by atoms with van der Waals surface area (Å²) in [5, 5.41) is 4.07. The number of aromatic nitrogens is 2. The van der Waals surface area contributed by atoms with E-state index in [1.54, 1.807) is 12.3 Å². The van der Waals surface area contributed by atoms with Gasteiger partial charge < -0.3 is 15.0 Å². The van der Waals surface area contributed by atoms with Gasteiger partial charge in [0.2, 0.25) is 5.95 Å². The highest BCUT2D eigenvalue weighted by Crippen LogP contribution is 2.31. The molecule has 188 valence electrons. The van der Waals surface area contributed by atoms with Crippen LogP contribution in [0.1, 0.15) is 17.5 Å². The average Bonchev–Trinajstić information content (AvgIpc) is 3.28. The Bertz CT molecular complexity index is 1470. The Hall–Kier alpha value is -4.25. The predicted octanol–water partition coefficient (Wildman–Crippen LogP) is 5.33. The van der Waals surface area contributed by atoms with Crippen molar-refractivity contribution in [2.45, 2.75) is 18.7 Å². The van der Waals surface area contributed by atoms with Crippen LogP contribution in [0.2, 0.25) is 0 Å². The number of halogens is 3. The number of terminal acetylenes is 1. The lowest BCUT2D eigenvalue weighted by atomic mass is 10.0. The molecule has 6 nitrogen and oxygen atoms in total. The van der Waals surface area contributed by atoms with E-state index in [2.05, 4.69) is 26.9 Å². The molecule has 1 N–H and O–H groups in total. The van der Waals surface area contributed by atoms with E-state index in [9.17, 15) is 13.2 Å². The van der Waals surface area contributed by atoms with Crippen LogP contribution >= 0.6 is 0 Å². The maximum atomic E-state index is 12.8. The molecule has 0 bridgehead atoms. The number of nitrogens with zero attached hydrogens (tertiary/aromatic N) is 4. The third kappa shape index (κ3) is 6.12. The molecule has 1 saturated heterocycles. The lowest BCUT2D eigenvalue weighted by Crippen LogP contribution is -2.33. The number of allylic oxidation sites excluding steroid dienone is 2. The van der Waals surface area contributed by atoms with Crippen molar-refractivity contribution >= 4 is 28.1 Å². The molecule has 5 rings (SSSR count). The molecule has 2 aliphatic heterocycles. The average molecular weight is 504 g/mol. The highest BCUT2D eigenvalue weighted by Gasteiger charge is 2.35. The maximum absolute atomic E-state index is 12.8. The maximum Gasteiger partial charge on any atom is 0.401 e. The Morgan fingerprint density at radius 1 is 1.24 bits per heavy atom. The summed E-state index contributed by atoms with van der Waals surface area (Å²) in [6.45, 7) is -0.378. The van der Waals surface area contributed by atoms with Gasteiger partial charge in [0.15, 0.2) is 0 Å². The van der Waals surface area contributed by atoms with E-state index in [1.807, 2.05) is 60.8 Å². The van der Waals surface area contributed by atoms with E-state index in [1.165, 1.54) is 4.90 Å². The molecule has 1 atom stereocenters. The summed E-state index contributed by atoms with van der Waals surface area (Å²) in [7, 11) is 1.90. The zero-order chi connectivity index (χ0) is 26.0. The number of fused-ring (bicyclic) bond motifs is 1. The number of likely N-dealkylation sites (tertiary alicyclic amines) is 1. The van der Waals surface area contributed by atoms with Gasteiger partial charge in [0.05, 0.1) is 12.1 Å². The van der Waals surface area contributed by atoms with Crippen LogP contribution in [0.3, 0.4) is 0 Å². The number of benzene rings is 2. The number of hydrogen-bond acceptors (Lipinski definition) is 6. The van der Waals surface area contributed by atoms with Crippen LogP contribution in [0.4, 0.5) is 24.8 Å². The second kappa shape index (κ2) is 10.0. The van der Waals surface area contributed by atoms with Crippen LogP contribution in [-0.2, 0) is 0 Å². The van der Waals surface area contributed by atoms with Gasteiger partial charge in [-0.25, -0.2) is 9.97 Å². The molecule has 1 fully saturated rings. The molecular formula is C28H24F3N5O. The van der Waals surface area contributed by atoms with Crippen LogP contribution in [0.5, 0.6) is 5.75 Å². The molecule has 0 saturated carbocycles. The van der Waals surface area contributed by atoms with Crippen molar-refractivity contribution in [1.29, 1.82) is 0 Å². The van der Waals surface area contributed by atoms with Crippen LogP contribution in [0.25, 0.3) is 16.5 Å². The topological polar surface area (TPSA) is 53.5 Å². The lowest BCUT2D eigenvalue weighted by molar-refractivity contribution is -0.144. The molecule has 0 radical (unpaired) electrons. The van der Waals surface area contributed by atoms with Crippen molar-refractivity contribution < 1.29 is 17.9 Å². The van der Waals surface area contributed by atoms with Gasteiger partial charge in [-0.05, 0) is 48.4 Å². The van der Waals surface area contributed by atoms with Gasteiger partial charge in [-0.3, -0.25) is 4.90 Å². The van der Waals surface area contributed by atoms with E-state index < -0.39 is 12.7 Å². The van der Waals surface area contributed by atoms with Gasteiger partial charge in [0.1, 0.15) is 11.9 Å². The van der Waals surface area contributed by atoms with Crippen LogP contribution in [0.15, 0.2) is 66.8 Å². The second-order valence-electron chi connectivity index (χ2n) is 9.05. The van der Waals surface area contributed by atoms with Crippen molar-refractivity contribution in [2.75, 3.05) is 32.0 Å². The first-order chi connectivity index (χ1) is 17.7. The molecule has 0 spiro atoms. The number of nitrogens with one attached hydrogen (secondary N) is 1. The lowest BCUT2D eigenvalue weighted by Gasteiger charge is -2.20. The van der Waals surface area contributed by atoms with Gasteiger partial charge in [-0.2, -0.15) is 13.2 Å². The standard InChI is InChI=1S/C28H24F3N5O/c1-3-19-6-7-26-22(11-19)15-32-27(34-26)33-23-12-21(20-5-4-9-35(2)16-20)13-25(14-23)37-24-8-10-36(17-24)18-28(29,30)31/h1,5-7,9,11-16,24H,8,10,17-18H2,2H3,(H,32,33,34). The molecule has 2 aliphatic rings. The SMILES string of the molecule is C#Cc1ccc2nc(Nc3cc(OC4CCN(CC(F)(F)F)C4)cc(C4=CN(C)C=C=C4)c3)ncc2c1. The monoisotopic (exact) mass is 503 g/mol. The Labute approximate surface area is 212 Å². The van der Waals surface area contributed by atoms with Crippen molar-refractivity contribution in [3.8, 4) is 18.1 Å². The van der Waals surface area contributed by atoms with E-state index >= 15 is 0 Å².